The fourth-order valence-corrected chi connectivity index (χ4v) is 2.73. The molecule has 0 heterocycles. The van der Waals surface area contributed by atoms with Crippen molar-refractivity contribution < 1.29 is 4.74 Å². The topological polar surface area (TPSA) is 35.2 Å². The Morgan fingerprint density at radius 2 is 1.71 bits per heavy atom. The van der Waals surface area contributed by atoms with Gasteiger partial charge in [0.05, 0.1) is 11.6 Å². The van der Waals surface area contributed by atoms with Crippen LogP contribution in [0.4, 0.5) is 0 Å². The second-order valence-electron chi connectivity index (χ2n) is 4.67. The van der Waals surface area contributed by atoms with E-state index in [0.717, 1.165) is 11.1 Å². The SMILES string of the molecule is CCOc1cc(Cl)c(C(N)Cc2ccc(Cl)cc2)cc1Cl. The van der Waals surface area contributed by atoms with Gasteiger partial charge in [-0.15, -0.1) is 0 Å². The van der Waals surface area contributed by atoms with Crippen molar-refractivity contribution in [1.82, 2.24) is 0 Å². The number of nitrogens with two attached hydrogens (primary N) is 1. The third-order valence-electron chi connectivity index (χ3n) is 3.12. The molecule has 21 heavy (non-hydrogen) atoms. The molecule has 0 saturated carbocycles. The highest BCUT2D eigenvalue weighted by atomic mass is 35.5. The highest BCUT2D eigenvalue weighted by Crippen LogP contribution is 2.34. The monoisotopic (exact) mass is 343 g/mol. The van der Waals surface area contributed by atoms with Crippen molar-refractivity contribution in [2.24, 2.45) is 5.73 Å². The molecule has 0 radical (unpaired) electrons. The average Bonchev–Trinajstić information content (AvgIpc) is 2.45. The molecule has 1 atom stereocenters. The van der Waals surface area contributed by atoms with Crippen molar-refractivity contribution in [3.05, 3.63) is 62.6 Å². The summed E-state index contributed by atoms with van der Waals surface area (Å²) in [5, 5.41) is 1.78. The van der Waals surface area contributed by atoms with Crippen LogP contribution in [0.15, 0.2) is 36.4 Å². The Labute approximate surface area is 139 Å². The maximum atomic E-state index is 6.28. The molecule has 0 bridgehead atoms. The molecule has 2 aromatic rings. The lowest BCUT2D eigenvalue weighted by Gasteiger charge is -2.16. The first-order valence-corrected chi connectivity index (χ1v) is 7.76. The summed E-state index contributed by atoms with van der Waals surface area (Å²) >= 11 is 18.3. The van der Waals surface area contributed by atoms with E-state index in [9.17, 15) is 0 Å². The zero-order chi connectivity index (χ0) is 15.4. The van der Waals surface area contributed by atoms with Crippen LogP contribution in [0.2, 0.25) is 15.1 Å². The van der Waals surface area contributed by atoms with Gasteiger partial charge in [0.2, 0.25) is 0 Å². The summed E-state index contributed by atoms with van der Waals surface area (Å²) in [7, 11) is 0. The number of hydrogen-bond acceptors (Lipinski definition) is 2. The molecule has 0 fully saturated rings. The maximum absolute atomic E-state index is 6.28. The third-order valence-corrected chi connectivity index (χ3v) is 3.99. The minimum absolute atomic E-state index is 0.244. The van der Waals surface area contributed by atoms with Crippen molar-refractivity contribution in [2.75, 3.05) is 6.61 Å². The van der Waals surface area contributed by atoms with Gasteiger partial charge in [-0.3, -0.25) is 0 Å². The number of benzene rings is 2. The van der Waals surface area contributed by atoms with Gasteiger partial charge in [0.15, 0.2) is 0 Å². The normalized spacial score (nSPS) is 12.2. The van der Waals surface area contributed by atoms with Crippen LogP contribution in [0.1, 0.15) is 24.1 Å². The van der Waals surface area contributed by atoms with E-state index in [1.165, 1.54) is 0 Å². The van der Waals surface area contributed by atoms with E-state index in [4.69, 9.17) is 45.3 Å². The largest absolute Gasteiger partial charge is 0.492 e. The van der Waals surface area contributed by atoms with E-state index in [-0.39, 0.29) is 6.04 Å². The molecule has 0 aliphatic rings. The van der Waals surface area contributed by atoms with Gasteiger partial charge in [0.1, 0.15) is 5.75 Å². The summed E-state index contributed by atoms with van der Waals surface area (Å²) in [6, 6.07) is 10.8. The fraction of sp³-hybridized carbons (Fsp3) is 0.250. The molecular weight excluding hydrogens is 329 g/mol. The van der Waals surface area contributed by atoms with Crippen LogP contribution in [0, 0.1) is 0 Å². The molecule has 2 nitrogen and oxygen atoms in total. The standard InChI is InChI=1S/C16H16Cl3NO/c1-2-21-16-9-13(18)12(8-14(16)19)15(20)7-10-3-5-11(17)6-4-10/h3-6,8-9,15H,2,7,20H2,1H3. The van der Waals surface area contributed by atoms with Crippen LogP contribution >= 0.6 is 34.8 Å². The van der Waals surface area contributed by atoms with Gasteiger partial charge in [-0.25, -0.2) is 0 Å². The molecule has 0 spiro atoms. The second kappa shape index (κ2) is 7.37. The van der Waals surface area contributed by atoms with E-state index >= 15 is 0 Å². The summed E-state index contributed by atoms with van der Waals surface area (Å²) in [6.45, 7) is 2.43. The summed E-state index contributed by atoms with van der Waals surface area (Å²) in [5.74, 6) is 0.576. The van der Waals surface area contributed by atoms with Crippen molar-refractivity contribution in [3.63, 3.8) is 0 Å². The minimum Gasteiger partial charge on any atom is -0.492 e. The highest BCUT2D eigenvalue weighted by molar-refractivity contribution is 6.34. The molecule has 0 aromatic heterocycles. The van der Waals surface area contributed by atoms with Crippen molar-refractivity contribution in [3.8, 4) is 5.75 Å². The first kappa shape index (κ1) is 16.4. The Morgan fingerprint density at radius 1 is 1.05 bits per heavy atom. The van der Waals surface area contributed by atoms with Gasteiger partial charge in [0.25, 0.3) is 0 Å². The van der Waals surface area contributed by atoms with Gasteiger partial charge < -0.3 is 10.5 Å². The van der Waals surface area contributed by atoms with Crippen LogP contribution in [0.25, 0.3) is 0 Å². The zero-order valence-electron chi connectivity index (χ0n) is 11.6. The first-order valence-electron chi connectivity index (χ1n) is 6.63. The Bertz CT molecular complexity index is 614. The van der Waals surface area contributed by atoms with E-state index in [0.29, 0.717) is 33.8 Å². The molecule has 2 rings (SSSR count). The van der Waals surface area contributed by atoms with E-state index in [2.05, 4.69) is 0 Å². The Kier molecular flexibility index (Phi) is 5.77. The third kappa shape index (κ3) is 4.27. The second-order valence-corrected chi connectivity index (χ2v) is 5.93. The fourth-order valence-electron chi connectivity index (χ4n) is 2.08. The molecule has 5 heteroatoms. The van der Waals surface area contributed by atoms with E-state index in [1.54, 1.807) is 12.1 Å². The number of hydrogen-bond donors (Lipinski definition) is 1. The van der Waals surface area contributed by atoms with Gasteiger partial charge in [-0.05, 0) is 42.7 Å². The number of halogens is 3. The molecule has 0 aliphatic heterocycles. The smallest absolute Gasteiger partial charge is 0.139 e. The lowest BCUT2D eigenvalue weighted by molar-refractivity contribution is 0.340. The van der Waals surface area contributed by atoms with Gasteiger partial charge in [-0.2, -0.15) is 0 Å². The van der Waals surface area contributed by atoms with Gasteiger partial charge in [0, 0.05) is 22.2 Å². The van der Waals surface area contributed by atoms with Crippen LogP contribution in [0.5, 0.6) is 5.75 Å². The van der Waals surface area contributed by atoms with Crippen LogP contribution in [-0.4, -0.2) is 6.61 Å². The summed E-state index contributed by atoms with van der Waals surface area (Å²) in [4.78, 5) is 0. The predicted molar refractivity (Wildman–Crippen MR) is 89.7 cm³/mol. The van der Waals surface area contributed by atoms with Crippen LogP contribution in [-0.2, 0) is 6.42 Å². The molecular formula is C16H16Cl3NO. The maximum Gasteiger partial charge on any atom is 0.139 e. The zero-order valence-corrected chi connectivity index (χ0v) is 13.8. The number of rotatable bonds is 5. The Morgan fingerprint density at radius 3 is 2.33 bits per heavy atom. The highest BCUT2D eigenvalue weighted by Gasteiger charge is 2.15. The predicted octanol–water partition coefficient (Wildman–Crippen LogP) is 5.29. The van der Waals surface area contributed by atoms with Crippen molar-refractivity contribution in [1.29, 1.82) is 0 Å². The molecule has 0 aliphatic carbocycles. The van der Waals surface area contributed by atoms with E-state index < -0.39 is 0 Å². The van der Waals surface area contributed by atoms with Crippen LogP contribution < -0.4 is 10.5 Å². The first-order chi connectivity index (χ1) is 10.0. The molecule has 112 valence electrons. The average molecular weight is 345 g/mol. The Balaban J connectivity index is 2.20. The van der Waals surface area contributed by atoms with Gasteiger partial charge in [-0.1, -0.05) is 46.9 Å². The van der Waals surface area contributed by atoms with E-state index in [1.807, 2.05) is 31.2 Å². The molecule has 0 saturated heterocycles. The molecule has 1 unspecified atom stereocenters. The lowest BCUT2D eigenvalue weighted by atomic mass is 9.99. The summed E-state index contributed by atoms with van der Waals surface area (Å²) in [5.41, 5.74) is 8.14. The molecule has 2 aromatic carbocycles. The van der Waals surface area contributed by atoms with Crippen molar-refractivity contribution >= 4 is 34.8 Å². The number of ether oxygens (including phenoxy) is 1. The minimum atomic E-state index is -0.244. The summed E-state index contributed by atoms with van der Waals surface area (Å²) in [6.07, 6.45) is 0.654. The lowest BCUT2D eigenvalue weighted by Crippen LogP contribution is -2.14. The Hall–Kier alpha value is -0.930. The van der Waals surface area contributed by atoms with Gasteiger partial charge >= 0.3 is 0 Å². The quantitative estimate of drug-likeness (QED) is 0.800. The van der Waals surface area contributed by atoms with Crippen LogP contribution in [0.3, 0.4) is 0 Å². The molecule has 0 amide bonds. The van der Waals surface area contributed by atoms with Crippen molar-refractivity contribution in [2.45, 2.75) is 19.4 Å². The molecule has 2 N–H and O–H groups in total. The summed E-state index contributed by atoms with van der Waals surface area (Å²) < 4.78 is 5.41.